The summed E-state index contributed by atoms with van der Waals surface area (Å²) in [6.07, 6.45) is 0. The summed E-state index contributed by atoms with van der Waals surface area (Å²) in [6.45, 7) is 6.64. The van der Waals surface area contributed by atoms with Gasteiger partial charge in [0.05, 0.1) is 5.69 Å². The molecule has 8 heteroatoms. The second-order valence-corrected chi connectivity index (χ2v) is 7.95. The Morgan fingerprint density at radius 2 is 1.93 bits per heavy atom. The fraction of sp³-hybridized carbons (Fsp3) is 0.350. The highest BCUT2D eigenvalue weighted by Gasteiger charge is 2.23. The van der Waals surface area contributed by atoms with E-state index in [2.05, 4.69) is 9.88 Å². The standard InChI is InChI=1S/C20H21FN4O2S/c1-13-3-4-15(9-17(13)21)19(27)24-7-5-23(6-8-24)11-16-10-18(26)25-14(2)12-28-20(25)22-16/h3-4,9-10,12H,5-8,11H2,1-2H3. The second kappa shape index (κ2) is 7.44. The van der Waals surface area contributed by atoms with Gasteiger partial charge in [0.25, 0.3) is 11.5 Å². The topological polar surface area (TPSA) is 57.9 Å². The molecule has 1 saturated heterocycles. The van der Waals surface area contributed by atoms with E-state index in [1.54, 1.807) is 34.4 Å². The van der Waals surface area contributed by atoms with Gasteiger partial charge in [-0.05, 0) is 31.5 Å². The van der Waals surface area contributed by atoms with Crippen molar-refractivity contribution in [1.29, 1.82) is 0 Å². The maximum Gasteiger partial charge on any atom is 0.259 e. The highest BCUT2D eigenvalue weighted by atomic mass is 32.1. The van der Waals surface area contributed by atoms with E-state index in [-0.39, 0.29) is 17.3 Å². The van der Waals surface area contributed by atoms with E-state index in [0.717, 1.165) is 11.4 Å². The molecule has 0 saturated carbocycles. The van der Waals surface area contributed by atoms with E-state index in [9.17, 15) is 14.0 Å². The van der Waals surface area contributed by atoms with Crippen LogP contribution in [0.4, 0.5) is 4.39 Å². The van der Waals surface area contributed by atoms with E-state index in [4.69, 9.17) is 0 Å². The van der Waals surface area contributed by atoms with Crippen molar-refractivity contribution in [3.8, 4) is 0 Å². The van der Waals surface area contributed by atoms with Gasteiger partial charge < -0.3 is 4.90 Å². The van der Waals surface area contributed by atoms with Crippen LogP contribution in [-0.4, -0.2) is 51.3 Å². The second-order valence-electron chi connectivity index (χ2n) is 7.11. The van der Waals surface area contributed by atoms with Crippen molar-refractivity contribution in [2.45, 2.75) is 20.4 Å². The lowest BCUT2D eigenvalue weighted by Gasteiger charge is -2.34. The quantitative estimate of drug-likeness (QED) is 0.678. The number of aromatic nitrogens is 2. The zero-order valence-corrected chi connectivity index (χ0v) is 16.6. The minimum absolute atomic E-state index is 0.0611. The number of amides is 1. The Bertz CT molecular complexity index is 1100. The van der Waals surface area contributed by atoms with Crippen LogP contribution in [0.5, 0.6) is 0 Å². The van der Waals surface area contributed by atoms with E-state index in [0.29, 0.717) is 48.8 Å². The van der Waals surface area contributed by atoms with Crippen LogP contribution in [0.25, 0.3) is 4.96 Å². The van der Waals surface area contributed by atoms with Crippen LogP contribution in [-0.2, 0) is 6.54 Å². The summed E-state index contributed by atoms with van der Waals surface area (Å²) in [6, 6.07) is 6.19. The molecule has 1 aliphatic heterocycles. The van der Waals surface area contributed by atoms with Gasteiger partial charge in [-0.15, -0.1) is 11.3 Å². The molecule has 0 unspecified atom stereocenters. The van der Waals surface area contributed by atoms with E-state index >= 15 is 0 Å². The lowest BCUT2D eigenvalue weighted by Crippen LogP contribution is -2.48. The van der Waals surface area contributed by atoms with Crippen molar-refractivity contribution in [2.75, 3.05) is 26.2 Å². The first-order valence-electron chi connectivity index (χ1n) is 9.17. The number of carbonyl (C=O) groups is 1. The first kappa shape index (κ1) is 18.8. The van der Waals surface area contributed by atoms with Gasteiger partial charge in [-0.3, -0.25) is 18.9 Å². The summed E-state index contributed by atoms with van der Waals surface area (Å²) >= 11 is 1.46. The van der Waals surface area contributed by atoms with Gasteiger partial charge in [0.1, 0.15) is 5.82 Å². The maximum atomic E-state index is 13.7. The molecule has 0 radical (unpaired) electrons. The summed E-state index contributed by atoms with van der Waals surface area (Å²) < 4.78 is 15.4. The fourth-order valence-electron chi connectivity index (χ4n) is 3.43. The molecule has 0 spiro atoms. The zero-order chi connectivity index (χ0) is 19.8. The lowest BCUT2D eigenvalue weighted by molar-refractivity contribution is 0.0626. The van der Waals surface area contributed by atoms with Gasteiger partial charge in [0.2, 0.25) is 0 Å². The van der Waals surface area contributed by atoms with Crippen molar-refractivity contribution in [2.24, 2.45) is 0 Å². The van der Waals surface area contributed by atoms with Crippen LogP contribution in [0.15, 0.2) is 34.4 Å². The van der Waals surface area contributed by atoms with Crippen LogP contribution in [0.1, 0.15) is 27.3 Å². The molecule has 1 aromatic carbocycles. The largest absolute Gasteiger partial charge is 0.336 e. The smallest absolute Gasteiger partial charge is 0.259 e. The van der Waals surface area contributed by atoms with E-state index in [1.165, 1.54) is 17.4 Å². The first-order chi connectivity index (χ1) is 13.4. The summed E-state index contributed by atoms with van der Waals surface area (Å²) in [4.78, 5) is 34.1. The molecule has 1 amide bonds. The maximum absolute atomic E-state index is 13.7. The molecule has 146 valence electrons. The fourth-order valence-corrected chi connectivity index (χ4v) is 4.32. The molecule has 4 rings (SSSR count). The number of rotatable bonds is 3. The highest BCUT2D eigenvalue weighted by Crippen LogP contribution is 2.15. The van der Waals surface area contributed by atoms with Crippen LogP contribution in [0.3, 0.4) is 0 Å². The molecule has 0 bridgehead atoms. The number of thiazole rings is 1. The molecular formula is C20H21FN4O2S. The number of nitrogens with zero attached hydrogens (tertiary/aromatic N) is 4. The van der Waals surface area contributed by atoms with Crippen molar-refractivity contribution >= 4 is 22.2 Å². The minimum atomic E-state index is -0.360. The SMILES string of the molecule is Cc1ccc(C(=O)N2CCN(Cc3cc(=O)n4c(C)csc4n3)CC2)cc1F. The molecule has 2 aromatic heterocycles. The van der Waals surface area contributed by atoms with Crippen LogP contribution in [0.2, 0.25) is 0 Å². The molecule has 28 heavy (non-hydrogen) atoms. The molecule has 0 atom stereocenters. The van der Waals surface area contributed by atoms with Crippen molar-refractivity contribution < 1.29 is 9.18 Å². The van der Waals surface area contributed by atoms with Gasteiger partial charge in [-0.1, -0.05) is 6.07 Å². The highest BCUT2D eigenvalue weighted by molar-refractivity contribution is 7.15. The summed E-state index contributed by atoms with van der Waals surface area (Å²) in [5, 5.41) is 1.92. The van der Waals surface area contributed by atoms with Crippen LogP contribution in [0, 0.1) is 19.7 Å². The summed E-state index contributed by atoms with van der Waals surface area (Å²) in [7, 11) is 0. The number of carbonyl (C=O) groups excluding carboxylic acids is 1. The molecule has 3 aromatic rings. The van der Waals surface area contributed by atoms with Crippen LogP contribution >= 0.6 is 11.3 Å². The van der Waals surface area contributed by atoms with Gasteiger partial charge in [0.15, 0.2) is 4.96 Å². The third-order valence-electron chi connectivity index (χ3n) is 5.09. The average molecular weight is 400 g/mol. The number of fused-ring (bicyclic) bond motifs is 1. The van der Waals surface area contributed by atoms with Crippen molar-refractivity contribution in [1.82, 2.24) is 19.2 Å². The summed E-state index contributed by atoms with van der Waals surface area (Å²) in [5.41, 5.74) is 2.48. The Morgan fingerprint density at radius 3 is 2.64 bits per heavy atom. The molecular weight excluding hydrogens is 379 g/mol. The molecule has 1 aliphatic rings. The monoisotopic (exact) mass is 400 g/mol. The number of halogens is 1. The molecule has 6 nitrogen and oxygen atoms in total. The van der Waals surface area contributed by atoms with Gasteiger partial charge in [0, 0.05) is 55.4 Å². The number of piperazine rings is 1. The first-order valence-corrected chi connectivity index (χ1v) is 10.0. The lowest BCUT2D eigenvalue weighted by atomic mass is 10.1. The molecule has 3 heterocycles. The van der Waals surface area contributed by atoms with E-state index < -0.39 is 0 Å². The summed E-state index contributed by atoms with van der Waals surface area (Å²) in [5.74, 6) is -0.508. The number of benzene rings is 1. The average Bonchev–Trinajstić information content (AvgIpc) is 3.05. The van der Waals surface area contributed by atoms with Crippen molar-refractivity contribution in [3.05, 3.63) is 68.3 Å². The Hall–Kier alpha value is -2.58. The number of aryl methyl sites for hydroxylation is 2. The predicted octanol–water partition coefficient (Wildman–Crippen LogP) is 2.47. The predicted molar refractivity (Wildman–Crippen MR) is 106 cm³/mol. The third kappa shape index (κ3) is 3.57. The third-order valence-corrected chi connectivity index (χ3v) is 6.04. The van der Waals surface area contributed by atoms with Gasteiger partial charge in [-0.25, -0.2) is 9.37 Å². The molecule has 1 fully saturated rings. The Labute approximate surface area is 165 Å². The minimum Gasteiger partial charge on any atom is -0.336 e. The van der Waals surface area contributed by atoms with Gasteiger partial charge in [-0.2, -0.15) is 0 Å². The Kier molecular flexibility index (Phi) is 4.99. The van der Waals surface area contributed by atoms with Crippen LogP contribution < -0.4 is 5.56 Å². The number of hydrogen-bond acceptors (Lipinski definition) is 5. The Morgan fingerprint density at radius 1 is 1.18 bits per heavy atom. The Balaban J connectivity index is 1.41. The molecule has 0 N–H and O–H groups in total. The molecule has 0 aliphatic carbocycles. The number of hydrogen-bond donors (Lipinski definition) is 0. The normalized spacial score (nSPS) is 15.3. The van der Waals surface area contributed by atoms with E-state index in [1.807, 2.05) is 12.3 Å². The van der Waals surface area contributed by atoms with Crippen molar-refractivity contribution in [3.63, 3.8) is 0 Å². The van der Waals surface area contributed by atoms with Gasteiger partial charge >= 0.3 is 0 Å². The zero-order valence-electron chi connectivity index (χ0n) is 15.8.